The maximum Gasteiger partial charge on any atom is 0.179 e. The third-order valence-electron chi connectivity index (χ3n) is 4.19. The molecule has 0 aromatic carbocycles. The molecule has 170 valence electrons. The number of unbranched alkanes of at least 4 members (excludes halogenated alkanes) is 1. The lowest BCUT2D eigenvalue weighted by atomic mass is 10.0. The fraction of sp³-hybridized carbons (Fsp3) is 1.00. The normalized spacial score (nSPS) is 18.6. The van der Waals surface area contributed by atoms with Crippen LogP contribution in [-0.4, -0.2) is 85.9 Å². The Morgan fingerprint density at radius 1 is 0.857 bits per heavy atom. The van der Waals surface area contributed by atoms with E-state index in [1.165, 1.54) is 0 Å². The maximum absolute atomic E-state index is 10.6. The summed E-state index contributed by atoms with van der Waals surface area (Å²) in [5.41, 5.74) is -1.08. The Bertz CT molecular complexity index is 383. The third-order valence-corrected chi connectivity index (χ3v) is 7.46. The number of rotatable bonds is 18. The highest BCUT2D eigenvalue weighted by Crippen LogP contribution is 2.39. The van der Waals surface area contributed by atoms with E-state index in [1.54, 1.807) is 0 Å². The van der Waals surface area contributed by atoms with Gasteiger partial charge in [0.25, 0.3) is 0 Å². The highest BCUT2D eigenvalue weighted by atomic mass is 35.5. The minimum atomic E-state index is -1.76. The Morgan fingerprint density at radius 3 is 1.71 bits per heavy atom. The minimum Gasteiger partial charge on any atom is -0.366 e. The van der Waals surface area contributed by atoms with Crippen molar-refractivity contribution >= 4 is 55.2 Å². The smallest absolute Gasteiger partial charge is 0.179 e. The molecule has 0 aromatic heterocycles. The van der Waals surface area contributed by atoms with Crippen LogP contribution in [0.5, 0.6) is 0 Å². The van der Waals surface area contributed by atoms with Crippen molar-refractivity contribution in [2.45, 2.75) is 62.1 Å². The number of hydrogen-bond acceptors (Lipinski definition) is 6. The van der Waals surface area contributed by atoms with Crippen LogP contribution in [0.2, 0.25) is 13.1 Å². The zero-order valence-electron chi connectivity index (χ0n) is 16.8. The van der Waals surface area contributed by atoms with E-state index in [0.29, 0.717) is 6.61 Å². The molecule has 0 spiro atoms. The molecule has 2 N–H and O–H groups in total. The highest BCUT2D eigenvalue weighted by molar-refractivity contribution is 6.58. The van der Waals surface area contributed by atoms with E-state index in [2.05, 4.69) is 6.92 Å². The van der Waals surface area contributed by atoms with Crippen molar-refractivity contribution in [2.24, 2.45) is 0 Å². The molecule has 0 aliphatic heterocycles. The molecular weight excluding hydrogens is 470 g/mol. The average Bonchev–Trinajstić information content (AvgIpc) is 2.67. The van der Waals surface area contributed by atoms with E-state index < -0.39 is 31.7 Å². The van der Waals surface area contributed by atoms with Crippen molar-refractivity contribution in [2.75, 3.05) is 44.1 Å². The quantitative estimate of drug-likeness (QED) is 0.129. The van der Waals surface area contributed by atoms with Gasteiger partial charge in [0.05, 0.1) is 19.8 Å². The van der Waals surface area contributed by atoms with Crippen LogP contribution >= 0.6 is 46.4 Å². The molecule has 0 saturated carbocycles. The lowest BCUT2D eigenvalue weighted by Gasteiger charge is -2.45. The SMILES string of the molecule is CCCCOC(CC(Cl)(C(O)OCCCl)C(O)OCCCl)(OCCCl)[SiH](C)C. The Balaban J connectivity index is 5.78. The summed E-state index contributed by atoms with van der Waals surface area (Å²) in [4.78, 5) is -1.76. The van der Waals surface area contributed by atoms with Crippen molar-refractivity contribution < 1.29 is 29.2 Å². The third kappa shape index (κ3) is 9.52. The molecule has 28 heavy (non-hydrogen) atoms. The fourth-order valence-electron chi connectivity index (χ4n) is 2.55. The molecule has 0 rings (SSSR count). The molecule has 11 heteroatoms. The molecule has 6 nitrogen and oxygen atoms in total. The van der Waals surface area contributed by atoms with Crippen molar-refractivity contribution in [3.63, 3.8) is 0 Å². The van der Waals surface area contributed by atoms with Crippen LogP contribution in [-0.2, 0) is 18.9 Å². The van der Waals surface area contributed by atoms with Gasteiger partial charge in [0.2, 0.25) is 0 Å². The molecule has 0 aliphatic rings. The van der Waals surface area contributed by atoms with Crippen LogP contribution < -0.4 is 0 Å². The number of ether oxygens (including phenoxy) is 4. The number of aliphatic hydroxyl groups is 2. The van der Waals surface area contributed by atoms with Gasteiger partial charge in [-0.3, -0.25) is 0 Å². The van der Waals surface area contributed by atoms with E-state index in [1.807, 2.05) is 13.1 Å². The lowest BCUT2D eigenvalue weighted by Crippen LogP contribution is -2.60. The van der Waals surface area contributed by atoms with E-state index in [4.69, 9.17) is 65.4 Å². The first-order chi connectivity index (χ1) is 13.2. The van der Waals surface area contributed by atoms with Crippen molar-refractivity contribution in [3.8, 4) is 0 Å². The van der Waals surface area contributed by atoms with Gasteiger partial charge in [-0.05, 0) is 6.42 Å². The molecule has 0 amide bonds. The standard InChI is InChI=1S/C17H34Cl4O6Si/c1-4-5-9-26-17(28(2)3,27-12-8-20)13-16(21,14(22)24-10-6-18)15(23)25-11-7-19/h14-15,22-23,28H,4-13H2,1-3H3. The molecule has 0 heterocycles. The summed E-state index contributed by atoms with van der Waals surface area (Å²) in [6.45, 7) is 6.91. The Labute approximate surface area is 190 Å². The van der Waals surface area contributed by atoms with Crippen LogP contribution in [0.4, 0.5) is 0 Å². The van der Waals surface area contributed by atoms with Gasteiger partial charge in [0.1, 0.15) is 14.2 Å². The van der Waals surface area contributed by atoms with Gasteiger partial charge in [0.15, 0.2) is 17.5 Å². The number of alkyl halides is 4. The fourth-order valence-corrected chi connectivity index (χ4v) is 4.89. The second-order valence-electron chi connectivity index (χ2n) is 6.63. The predicted octanol–water partition coefficient (Wildman–Crippen LogP) is 3.30. The number of aliphatic hydroxyl groups excluding tert-OH is 2. The second-order valence-corrected chi connectivity index (χ2v) is 11.7. The summed E-state index contributed by atoms with van der Waals surface area (Å²) >= 11 is 23.9. The van der Waals surface area contributed by atoms with Crippen LogP contribution in [0.25, 0.3) is 0 Å². The summed E-state index contributed by atoms with van der Waals surface area (Å²) in [5, 5.41) is 21.2. The van der Waals surface area contributed by atoms with E-state index >= 15 is 0 Å². The van der Waals surface area contributed by atoms with Crippen LogP contribution in [0.3, 0.4) is 0 Å². The van der Waals surface area contributed by atoms with Crippen LogP contribution in [0.1, 0.15) is 26.2 Å². The minimum absolute atomic E-state index is 0.0464. The highest BCUT2D eigenvalue weighted by Gasteiger charge is 2.53. The summed E-state index contributed by atoms with van der Waals surface area (Å²) < 4.78 is 22.8. The number of hydrogen-bond donors (Lipinski definition) is 2. The topological polar surface area (TPSA) is 77.4 Å². The van der Waals surface area contributed by atoms with Crippen LogP contribution in [0.15, 0.2) is 0 Å². The van der Waals surface area contributed by atoms with Gasteiger partial charge in [-0.1, -0.05) is 26.4 Å². The summed E-state index contributed by atoms with van der Waals surface area (Å²) in [5.74, 6) is 0.580. The van der Waals surface area contributed by atoms with E-state index in [0.717, 1.165) is 12.8 Å². The largest absolute Gasteiger partial charge is 0.366 e. The van der Waals surface area contributed by atoms with Crippen LogP contribution in [0, 0.1) is 0 Å². The van der Waals surface area contributed by atoms with Crippen molar-refractivity contribution in [3.05, 3.63) is 0 Å². The van der Waals surface area contributed by atoms with E-state index in [-0.39, 0.29) is 43.9 Å². The van der Waals surface area contributed by atoms with Gasteiger partial charge < -0.3 is 29.2 Å². The maximum atomic E-state index is 10.6. The van der Waals surface area contributed by atoms with Gasteiger partial charge >= 0.3 is 0 Å². The lowest BCUT2D eigenvalue weighted by molar-refractivity contribution is -0.244. The molecule has 0 radical (unpaired) electrons. The molecule has 0 fully saturated rings. The molecule has 3 atom stereocenters. The first-order valence-electron chi connectivity index (χ1n) is 9.48. The van der Waals surface area contributed by atoms with Gasteiger partial charge in [-0.2, -0.15) is 0 Å². The first-order valence-corrected chi connectivity index (χ1v) is 14.3. The Hall–Kier alpha value is 1.14. The van der Waals surface area contributed by atoms with Gasteiger partial charge in [0, 0.05) is 30.7 Å². The van der Waals surface area contributed by atoms with Gasteiger partial charge in [-0.25, -0.2) is 0 Å². The zero-order valence-corrected chi connectivity index (χ0v) is 21.0. The summed E-state index contributed by atoms with van der Waals surface area (Å²) in [6.07, 6.45) is -1.42. The molecule has 3 unspecified atom stereocenters. The Morgan fingerprint density at radius 2 is 1.32 bits per heavy atom. The predicted molar refractivity (Wildman–Crippen MR) is 118 cm³/mol. The van der Waals surface area contributed by atoms with Gasteiger partial charge in [-0.15, -0.1) is 46.4 Å². The second kappa shape index (κ2) is 15.9. The number of halogens is 4. The summed E-state index contributed by atoms with van der Waals surface area (Å²) in [7, 11) is -1.71. The molecule has 0 aliphatic carbocycles. The zero-order chi connectivity index (χ0) is 21.6. The van der Waals surface area contributed by atoms with Crippen molar-refractivity contribution in [1.29, 1.82) is 0 Å². The van der Waals surface area contributed by atoms with Crippen molar-refractivity contribution in [1.82, 2.24) is 0 Å². The average molecular weight is 504 g/mol. The molecule has 0 bridgehead atoms. The Kier molecular flexibility index (Phi) is 16.5. The first kappa shape index (κ1) is 29.1. The monoisotopic (exact) mass is 502 g/mol. The molecular formula is C17H34Cl4O6Si. The molecule has 0 aromatic rings. The van der Waals surface area contributed by atoms with E-state index in [9.17, 15) is 10.2 Å². The summed E-state index contributed by atoms with van der Waals surface area (Å²) in [6, 6.07) is 0. The molecule has 0 saturated heterocycles.